The van der Waals surface area contributed by atoms with Crippen LogP contribution in [0.1, 0.15) is 31.8 Å². The maximum absolute atomic E-state index is 12.4. The lowest BCUT2D eigenvalue weighted by Crippen LogP contribution is -2.15. The van der Waals surface area contributed by atoms with E-state index in [0.717, 1.165) is 16.8 Å². The van der Waals surface area contributed by atoms with Crippen LogP contribution in [-0.4, -0.2) is 21.6 Å². The molecular formula is C20H21N5O2. The summed E-state index contributed by atoms with van der Waals surface area (Å²) in [5.74, 6) is -0.777. The fraction of sp³-hybridized carbons (Fsp3) is 0.150. The zero-order valence-corrected chi connectivity index (χ0v) is 15.2. The van der Waals surface area contributed by atoms with E-state index in [-0.39, 0.29) is 5.91 Å². The molecule has 0 bridgehead atoms. The molecule has 1 aromatic heterocycles. The summed E-state index contributed by atoms with van der Waals surface area (Å²) in [6.45, 7) is 2.45. The molecule has 1 heterocycles. The van der Waals surface area contributed by atoms with Crippen molar-refractivity contribution in [3.8, 4) is 0 Å². The van der Waals surface area contributed by atoms with E-state index >= 15 is 0 Å². The molecule has 0 spiro atoms. The first-order valence-corrected chi connectivity index (χ1v) is 8.45. The highest BCUT2D eigenvalue weighted by atomic mass is 16.2. The molecule has 0 fully saturated rings. The van der Waals surface area contributed by atoms with Gasteiger partial charge in [-0.2, -0.15) is 5.10 Å². The Morgan fingerprint density at radius 2 is 1.81 bits per heavy atom. The largest absolute Gasteiger partial charge is 0.381 e. The SMILES string of the molecule is Cc1ccc(NC(=O)c2ccc(NCc3cnn(C)c3)cc2)cc1C(N)=O. The minimum atomic E-state index is -0.521. The number of nitrogens with two attached hydrogens (primary N) is 1. The standard InChI is InChI=1S/C20H21N5O2/c1-13-3-6-17(9-18(13)19(21)26)24-20(27)15-4-7-16(8-5-15)22-10-14-11-23-25(2)12-14/h3-9,11-12,22H,10H2,1-2H3,(H2,21,26)(H,24,27). The fourth-order valence-corrected chi connectivity index (χ4v) is 2.68. The third-order valence-corrected chi connectivity index (χ3v) is 4.16. The van der Waals surface area contributed by atoms with Gasteiger partial charge in [0.1, 0.15) is 0 Å². The van der Waals surface area contributed by atoms with Crippen LogP contribution in [0.4, 0.5) is 11.4 Å². The van der Waals surface area contributed by atoms with Crippen molar-refractivity contribution in [1.82, 2.24) is 9.78 Å². The van der Waals surface area contributed by atoms with Gasteiger partial charge in [0.2, 0.25) is 5.91 Å². The van der Waals surface area contributed by atoms with Crippen LogP contribution in [-0.2, 0) is 13.6 Å². The van der Waals surface area contributed by atoms with Crippen LogP contribution in [0, 0.1) is 6.92 Å². The molecule has 3 rings (SSSR count). The quantitative estimate of drug-likeness (QED) is 0.626. The predicted molar refractivity (Wildman–Crippen MR) is 105 cm³/mol. The topological polar surface area (TPSA) is 102 Å². The van der Waals surface area contributed by atoms with Crippen LogP contribution in [0.25, 0.3) is 0 Å². The summed E-state index contributed by atoms with van der Waals surface area (Å²) in [4.78, 5) is 23.8. The van der Waals surface area contributed by atoms with E-state index < -0.39 is 5.91 Å². The number of carbonyl (C=O) groups is 2. The number of anilines is 2. The Morgan fingerprint density at radius 1 is 1.11 bits per heavy atom. The molecule has 2 aromatic carbocycles. The first kappa shape index (κ1) is 18.2. The molecule has 7 heteroatoms. The first-order chi connectivity index (χ1) is 12.9. The van der Waals surface area contributed by atoms with Gasteiger partial charge in [0.25, 0.3) is 5.91 Å². The maximum Gasteiger partial charge on any atom is 0.255 e. The highest BCUT2D eigenvalue weighted by Crippen LogP contribution is 2.17. The van der Waals surface area contributed by atoms with Crippen molar-refractivity contribution in [1.29, 1.82) is 0 Å². The predicted octanol–water partition coefficient (Wildman–Crippen LogP) is 2.69. The summed E-state index contributed by atoms with van der Waals surface area (Å²) >= 11 is 0. The molecule has 0 aliphatic heterocycles. The van der Waals surface area contributed by atoms with E-state index in [4.69, 9.17) is 5.73 Å². The van der Waals surface area contributed by atoms with Gasteiger partial charge >= 0.3 is 0 Å². The Kier molecular flexibility index (Phi) is 5.21. The molecule has 0 unspecified atom stereocenters. The minimum absolute atomic E-state index is 0.256. The lowest BCUT2D eigenvalue weighted by atomic mass is 10.1. The molecular weight excluding hydrogens is 342 g/mol. The van der Waals surface area contributed by atoms with Crippen LogP contribution >= 0.6 is 0 Å². The fourth-order valence-electron chi connectivity index (χ4n) is 2.68. The molecule has 138 valence electrons. The maximum atomic E-state index is 12.4. The Hall–Kier alpha value is -3.61. The molecule has 7 nitrogen and oxygen atoms in total. The average Bonchev–Trinajstić information content (AvgIpc) is 3.07. The molecule has 0 saturated carbocycles. The van der Waals surface area contributed by atoms with E-state index in [2.05, 4.69) is 15.7 Å². The van der Waals surface area contributed by atoms with E-state index in [1.807, 2.05) is 25.4 Å². The van der Waals surface area contributed by atoms with Gasteiger partial charge in [0, 0.05) is 47.9 Å². The molecule has 2 amide bonds. The average molecular weight is 363 g/mol. The number of hydrogen-bond donors (Lipinski definition) is 3. The van der Waals surface area contributed by atoms with Gasteiger partial charge in [-0.1, -0.05) is 6.07 Å². The lowest BCUT2D eigenvalue weighted by Gasteiger charge is -2.09. The van der Waals surface area contributed by atoms with Gasteiger partial charge in [-0.05, 0) is 48.9 Å². The highest BCUT2D eigenvalue weighted by Gasteiger charge is 2.10. The third-order valence-electron chi connectivity index (χ3n) is 4.16. The van der Waals surface area contributed by atoms with Gasteiger partial charge in [-0.25, -0.2) is 0 Å². The lowest BCUT2D eigenvalue weighted by molar-refractivity contribution is 0.0995. The molecule has 3 aromatic rings. The second-order valence-electron chi connectivity index (χ2n) is 6.30. The number of carbonyl (C=O) groups excluding carboxylic acids is 2. The van der Waals surface area contributed by atoms with Crippen LogP contribution in [0.5, 0.6) is 0 Å². The van der Waals surface area contributed by atoms with Crippen LogP contribution in [0.15, 0.2) is 54.9 Å². The van der Waals surface area contributed by atoms with Crippen molar-refractivity contribution in [2.45, 2.75) is 13.5 Å². The molecule has 0 aliphatic carbocycles. The number of hydrogen-bond acceptors (Lipinski definition) is 4. The first-order valence-electron chi connectivity index (χ1n) is 8.45. The number of benzene rings is 2. The van der Waals surface area contributed by atoms with Crippen molar-refractivity contribution in [3.63, 3.8) is 0 Å². The normalized spacial score (nSPS) is 10.4. The summed E-state index contributed by atoms with van der Waals surface area (Å²) in [7, 11) is 1.87. The number of amides is 2. The van der Waals surface area contributed by atoms with E-state index in [0.29, 0.717) is 23.4 Å². The number of nitrogens with zero attached hydrogens (tertiary/aromatic N) is 2. The van der Waals surface area contributed by atoms with E-state index in [1.165, 1.54) is 0 Å². The van der Waals surface area contributed by atoms with Gasteiger partial charge in [0.15, 0.2) is 0 Å². The number of aromatic nitrogens is 2. The number of nitrogens with one attached hydrogen (secondary N) is 2. The molecule has 0 saturated heterocycles. The van der Waals surface area contributed by atoms with Gasteiger partial charge in [-0.3, -0.25) is 14.3 Å². The van der Waals surface area contributed by atoms with Crippen molar-refractivity contribution in [2.75, 3.05) is 10.6 Å². The summed E-state index contributed by atoms with van der Waals surface area (Å²) in [6, 6.07) is 12.2. The third kappa shape index (κ3) is 4.52. The van der Waals surface area contributed by atoms with Gasteiger partial charge < -0.3 is 16.4 Å². The summed E-state index contributed by atoms with van der Waals surface area (Å²) < 4.78 is 1.75. The Bertz CT molecular complexity index is 976. The molecule has 0 atom stereocenters. The van der Waals surface area contributed by atoms with E-state index in [9.17, 15) is 9.59 Å². The van der Waals surface area contributed by atoms with Gasteiger partial charge in [-0.15, -0.1) is 0 Å². The van der Waals surface area contributed by atoms with Crippen molar-refractivity contribution >= 4 is 23.2 Å². The smallest absolute Gasteiger partial charge is 0.255 e. The molecule has 0 aliphatic rings. The Labute approximate surface area is 157 Å². The second kappa shape index (κ2) is 7.74. The summed E-state index contributed by atoms with van der Waals surface area (Å²) in [6.07, 6.45) is 3.74. The number of rotatable bonds is 6. The Morgan fingerprint density at radius 3 is 2.44 bits per heavy atom. The number of primary amides is 1. The molecule has 0 radical (unpaired) electrons. The zero-order chi connectivity index (χ0) is 19.4. The summed E-state index contributed by atoms with van der Waals surface area (Å²) in [5.41, 5.74) is 9.53. The highest BCUT2D eigenvalue weighted by molar-refractivity contribution is 6.05. The Balaban J connectivity index is 1.63. The molecule has 27 heavy (non-hydrogen) atoms. The number of aryl methyl sites for hydroxylation is 2. The van der Waals surface area contributed by atoms with Crippen LogP contribution in [0.3, 0.4) is 0 Å². The minimum Gasteiger partial charge on any atom is -0.381 e. The van der Waals surface area contributed by atoms with Crippen molar-refractivity contribution < 1.29 is 9.59 Å². The summed E-state index contributed by atoms with van der Waals surface area (Å²) in [5, 5.41) is 10.2. The zero-order valence-electron chi connectivity index (χ0n) is 15.2. The van der Waals surface area contributed by atoms with Gasteiger partial charge in [0.05, 0.1) is 6.20 Å². The van der Waals surface area contributed by atoms with Crippen molar-refractivity contribution in [2.24, 2.45) is 12.8 Å². The van der Waals surface area contributed by atoms with E-state index in [1.54, 1.807) is 48.1 Å². The molecule has 4 N–H and O–H groups in total. The van der Waals surface area contributed by atoms with Crippen LogP contribution in [0.2, 0.25) is 0 Å². The second-order valence-corrected chi connectivity index (χ2v) is 6.30. The monoisotopic (exact) mass is 363 g/mol. The van der Waals surface area contributed by atoms with Crippen LogP contribution < -0.4 is 16.4 Å². The van der Waals surface area contributed by atoms with Crippen molar-refractivity contribution in [3.05, 3.63) is 77.1 Å².